The van der Waals surface area contributed by atoms with E-state index in [1.54, 1.807) is 0 Å². The van der Waals surface area contributed by atoms with E-state index in [1.807, 2.05) is 0 Å². The maximum Gasteiger partial charge on any atom is 0.418 e. The molecule has 0 aromatic heterocycles. The van der Waals surface area contributed by atoms with Crippen LogP contribution in [0.3, 0.4) is 0 Å². The molecule has 2 atom stereocenters. The van der Waals surface area contributed by atoms with Crippen LogP contribution in [0.15, 0.2) is 23.0 Å². The largest absolute Gasteiger partial charge is 0.418 e. The zero-order valence-corrected chi connectivity index (χ0v) is 11.8. The number of nitrogens with zero attached hydrogens (tertiary/aromatic N) is 2. The van der Waals surface area contributed by atoms with Gasteiger partial charge >= 0.3 is 6.18 Å². The predicted molar refractivity (Wildman–Crippen MR) is 68.5 cm³/mol. The molecule has 0 saturated heterocycles. The van der Waals surface area contributed by atoms with Gasteiger partial charge in [0.15, 0.2) is 5.54 Å². The van der Waals surface area contributed by atoms with Crippen LogP contribution in [0, 0.1) is 20.2 Å². The second-order valence-corrected chi connectivity index (χ2v) is 5.11. The van der Waals surface area contributed by atoms with Crippen molar-refractivity contribution < 1.29 is 23.0 Å². The Balaban J connectivity index is 3.65. The third-order valence-electron chi connectivity index (χ3n) is 3.07. The van der Waals surface area contributed by atoms with Crippen molar-refractivity contribution in [3.05, 3.63) is 43.3 Å². The van der Waals surface area contributed by atoms with Gasteiger partial charge < -0.3 is 11.5 Å². The molecule has 12 heteroatoms. The van der Waals surface area contributed by atoms with E-state index in [1.165, 1.54) is 0 Å². The summed E-state index contributed by atoms with van der Waals surface area (Å²) in [6.07, 6.45) is -5.23. The molecule has 0 bridgehead atoms. The van der Waals surface area contributed by atoms with E-state index in [0.717, 1.165) is 0 Å². The van der Waals surface area contributed by atoms with E-state index in [0.29, 0.717) is 0 Å². The summed E-state index contributed by atoms with van der Waals surface area (Å²) < 4.78 is 38.5. The Kier molecular flexibility index (Phi) is 4.63. The molecule has 118 valence electrons. The fourth-order valence-electron chi connectivity index (χ4n) is 2.11. The van der Waals surface area contributed by atoms with Crippen molar-refractivity contribution >= 4 is 15.9 Å². The number of alkyl halides is 4. The maximum absolute atomic E-state index is 12.8. The predicted octanol–water partition coefficient (Wildman–Crippen LogP) is 1.06. The van der Waals surface area contributed by atoms with Crippen LogP contribution in [0.4, 0.5) is 13.2 Å². The molecule has 21 heavy (non-hydrogen) atoms. The summed E-state index contributed by atoms with van der Waals surface area (Å²) in [6.45, 7) is 0. The fourth-order valence-corrected chi connectivity index (χ4v) is 2.77. The molecule has 0 saturated carbocycles. The van der Waals surface area contributed by atoms with Gasteiger partial charge in [-0.2, -0.15) is 13.2 Å². The van der Waals surface area contributed by atoms with Crippen molar-refractivity contribution in [2.45, 2.75) is 24.2 Å². The first kappa shape index (κ1) is 17.4. The Morgan fingerprint density at radius 2 is 1.90 bits per heavy atom. The standard InChI is InChI=1S/C9H10BrF3N4O4/c10-2-1-8(15)5(16(18)19)3-4(9(11,12)13)6(14)7(8)17(20)21/h3,7H,1-2,14-15H2. The van der Waals surface area contributed by atoms with E-state index in [9.17, 15) is 33.4 Å². The number of nitro groups is 2. The highest BCUT2D eigenvalue weighted by molar-refractivity contribution is 9.09. The molecular formula is C9H10BrF3N4O4. The smallest absolute Gasteiger partial charge is 0.396 e. The fraction of sp³-hybridized carbons (Fsp3) is 0.556. The van der Waals surface area contributed by atoms with E-state index < -0.39 is 44.6 Å². The van der Waals surface area contributed by atoms with Crippen LogP contribution in [-0.4, -0.2) is 32.9 Å². The minimum absolute atomic E-state index is 0.00759. The molecule has 0 aliphatic heterocycles. The summed E-state index contributed by atoms with van der Waals surface area (Å²) >= 11 is 2.92. The summed E-state index contributed by atoms with van der Waals surface area (Å²) in [5.41, 5.74) is 4.84. The van der Waals surface area contributed by atoms with Gasteiger partial charge in [-0.05, 0) is 6.42 Å². The van der Waals surface area contributed by atoms with Crippen molar-refractivity contribution in [2.75, 3.05) is 5.33 Å². The normalized spacial score (nSPS) is 26.5. The highest BCUT2D eigenvalue weighted by atomic mass is 79.9. The first-order valence-electron chi connectivity index (χ1n) is 5.38. The molecule has 0 radical (unpaired) electrons. The Morgan fingerprint density at radius 1 is 1.38 bits per heavy atom. The molecule has 2 unspecified atom stereocenters. The minimum atomic E-state index is -5.06. The number of allylic oxidation sites excluding steroid dienone is 2. The van der Waals surface area contributed by atoms with Crippen LogP contribution in [0.25, 0.3) is 0 Å². The van der Waals surface area contributed by atoms with Crippen molar-refractivity contribution in [3.8, 4) is 0 Å². The van der Waals surface area contributed by atoms with Gasteiger partial charge in [0.2, 0.25) is 0 Å². The van der Waals surface area contributed by atoms with Crippen molar-refractivity contribution in [2.24, 2.45) is 11.5 Å². The average molecular weight is 375 g/mol. The third-order valence-corrected chi connectivity index (χ3v) is 3.47. The Labute approximate surface area is 124 Å². The van der Waals surface area contributed by atoms with Crippen LogP contribution >= 0.6 is 15.9 Å². The Hall–Kier alpha value is -1.69. The summed E-state index contributed by atoms with van der Waals surface area (Å²) in [7, 11) is 0. The van der Waals surface area contributed by atoms with Gasteiger partial charge in [0.25, 0.3) is 11.7 Å². The molecule has 1 aliphatic carbocycles. The van der Waals surface area contributed by atoms with Crippen LogP contribution in [0.2, 0.25) is 0 Å². The van der Waals surface area contributed by atoms with E-state index in [-0.39, 0.29) is 17.8 Å². The van der Waals surface area contributed by atoms with Gasteiger partial charge in [0, 0.05) is 16.3 Å². The van der Waals surface area contributed by atoms with Crippen molar-refractivity contribution in [3.63, 3.8) is 0 Å². The molecule has 0 spiro atoms. The first-order chi connectivity index (χ1) is 9.46. The molecule has 0 aromatic rings. The minimum Gasteiger partial charge on any atom is -0.396 e. The molecule has 0 amide bonds. The monoisotopic (exact) mass is 374 g/mol. The molecule has 8 nitrogen and oxygen atoms in total. The molecule has 1 rings (SSSR count). The van der Waals surface area contributed by atoms with Gasteiger partial charge in [-0.1, -0.05) is 15.9 Å². The van der Waals surface area contributed by atoms with E-state index in [4.69, 9.17) is 11.5 Å². The number of nitrogens with two attached hydrogens (primary N) is 2. The molecule has 0 aromatic carbocycles. The van der Waals surface area contributed by atoms with Crippen LogP contribution < -0.4 is 11.5 Å². The Bertz CT molecular complexity index is 548. The maximum atomic E-state index is 12.8. The average Bonchev–Trinajstić information content (AvgIpc) is 2.25. The lowest BCUT2D eigenvalue weighted by molar-refractivity contribution is -0.534. The van der Waals surface area contributed by atoms with Crippen LogP contribution in [-0.2, 0) is 0 Å². The van der Waals surface area contributed by atoms with Crippen LogP contribution in [0.1, 0.15) is 6.42 Å². The number of hydrogen-bond acceptors (Lipinski definition) is 6. The zero-order chi connectivity index (χ0) is 16.6. The first-order valence-corrected chi connectivity index (χ1v) is 6.50. The van der Waals surface area contributed by atoms with E-state index >= 15 is 0 Å². The molecule has 0 heterocycles. The molecule has 1 aliphatic rings. The summed E-state index contributed by atoms with van der Waals surface area (Å²) in [4.78, 5) is 19.8. The second kappa shape index (κ2) is 5.60. The molecule has 0 fully saturated rings. The van der Waals surface area contributed by atoms with Crippen LogP contribution in [0.5, 0.6) is 0 Å². The second-order valence-electron chi connectivity index (χ2n) is 4.32. The van der Waals surface area contributed by atoms with Gasteiger partial charge in [0.05, 0.1) is 16.2 Å². The van der Waals surface area contributed by atoms with Gasteiger partial charge in [0.1, 0.15) is 0 Å². The zero-order valence-electron chi connectivity index (χ0n) is 10.3. The van der Waals surface area contributed by atoms with Crippen molar-refractivity contribution in [1.82, 2.24) is 0 Å². The third kappa shape index (κ3) is 3.00. The molecular weight excluding hydrogens is 365 g/mol. The highest BCUT2D eigenvalue weighted by Gasteiger charge is 2.59. The van der Waals surface area contributed by atoms with Gasteiger partial charge in [-0.3, -0.25) is 20.2 Å². The van der Waals surface area contributed by atoms with Gasteiger partial charge in [-0.25, -0.2) is 0 Å². The number of halogens is 4. The Morgan fingerprint density at radius 3 is 2.24 bits per heavy atom. The van der Waals surface area contributed by atoms with Gasteiger partial charge in [-0.15, -0.1) is 0 Å². The number of rotatable bonds is 4. The molecule has 4 N–H and O–H groups in total. The SMILES string of the molecule is NC1=C(C(F)(F)F)C=C([N+](=O)[O-])C(N)(CCBr)C1[N+](=O)[O-]. The summed E-state index contributed by atoms with van der Waals surface area (Å²) in [6, 6.07) is -2.24. The topological polar surface area (TPSA) is 138 Å². The lowest BCUT2D eigenvalue weighted by Crippen LogP contribution is -2.61. The summed E-state index contributed by atoms with van der Waals surface area (Å²) in [5.74, 6) is 0. The quantitative estimate of drug-likeness (QED) is 0.428. The number of hydrogen-bond donors (Lipinski definition) is 2. The van der Waals surface area contributed by atoms with E-state index in [2.05, 4.69) is 15.9 Å². The highest BCUT2D eigenvalue weighted by Crippen LogP contribution is 2.40. The lowest BCUT2D eigenvalue weighted by atomic mass is 9.78. The summed E-state index contributed by atoms with van der Waals surface area (Å²) in [5, 5.41) is 22.1. The van der Waals surface area contributed by atoms with Crippen molar-refractivity contribution in [1.29, 1.82) is 0 Å². The lowest BCUT2D eigenvalue weighted by Gasteiger charge is -2.32.